The van der Waals surface area contributed by atoms with Gasteiger partial charge in [-0.1, -0.05) is 12.1 Å². The van der Waals surface area contributed by atoms with Gasteiger partial charge in [-0.25, -0.2) is 0 Å². The predicted molar refractivity (Wildman–Crippen MR) is 85.9 cm³/mol. The number of methoxy groups -OCH3 is 1. The fourth-order valence-corrected chi connectivity index (χ4v) is 3.15. The van der Waals surface area contributed by atoms with Crippen molar-refractivity contribution in [2.24, 2.45) is 5.92 Å². The quantitative estimate of drug-likeness (QED) is 0.828. The third-order valence-corrected chi connectivity index (χ3v) is 4.70. The Morgan fingerprint density at radius 2 is 2.00 bits per heavy atom. The van der Waals surface area contributed by atoms with Crippen LogP contribution in [0, 0.1) is 5.92 Å². The van der Waals surface area contributed by atoms with Crippen LogP contribution in [0.4, 0.5) is 0 Å². The van der Waals surface area contributed by atoms with E-state index in [0.29, 0.717) is 6.54 Å². The van der Waals surface area contributed by atoms with Gasteiger partial charge in [-0.15, -0.1) is 0 Å². The Hall–Kier alpha value is -1.59. The van der Waals surface area contributed by atoms with E-state index in [2.05, 4.69) is 27.7 Å². The molecule has 3 rings (SSSR count). The summed E-state index contributed by atoms with van der Waals surface area (Å²) in [6.07, 6.45) is 2.49. The molecule has 0 bridgehead atoms. The Balaban J connectivity index is 1.66. The summed E-state index contributed by atoms with van der Waals surface area (Å²) in [6, 6.07) is 8.47. The molecule has 0 aromatic heterocycles. The fourth-order valence-electron chi connectivity index (χ4n) is 3.15. The molecule has 1 atom stereocenters. The predicted octanol–water partition coefficient (Wildman–Crippen LogP) is 1.17. The van der Waals surface area contributed by atoms with E-state index >= 15 is 0 Å². The molecule has 2 heterocycles. The molecule has 2 aliphatic heterocycles. The Morgan fingerprint density at radius 3 is 2.55 bits per heavy atom. The van der Waals surface area contributed by atoms with Gasteiger partial charge in [-0.3, -0.25) is 9.69 Å². The van der Waals surface area contributed by atoms with E-state index in [9.17, 15) is 4.79 Å². The van der Waals surface area contributed by atoms with Gasteiger partial charge in [0, 0.05) is 19.6 Å². The number of carbonyl (C=O) groups is 1. The average Bonchev–Trinajstić information content (AvgIpc) is 3.00. The summed E-state index contributed by atoms with van der Waals surface area (Å²) >= 11 is 0. The van der Waals surface area contributed by atoms with Crippen LogP contribution in [0.2, 0.25) is 0 Å². The number of hydrogen-bond acceptors (Lipinski definition) is 4. The minimum atomic E-state index is 0.148. The lowest BCUT2D eigenvalue weighted by atomic mass is 10.0. The van der Waals surface area contributed by atoms with Gasteiger partial charge in [-0.2, -0.15) is 0 Å². The van der Waals surface area contributed by atoms with Crippen LogP contribution in [0.1, 0.15) is 24.4 Å². The molecule has 1 amide bonds. The van der Waals surface area contributed by atoms with E-state index in [1.165, 1.54) is 18.4 Å². The first-order valence-electron chi connectivity index (χ1n) is 8.14. The second-order valence-electron chi connectivity index (χ2n) is 6.13. The van der Waals surface area contributed by atoms with Crippen molar-refractivity contribution in [3.63, 3.8) is 0 Å². The first-order chi connectivity index (χ1) is 10.8. The molecule has 0 radical (unpaired) electrons. The standard InChI is InChI=1S/C17H25N3O2/c1-22-15-6-4-13(5-7-15)16(20-8-2-3-9-20)12-19-17(21)14-10-18-11-14/h4-7,14,16,18H,2-3,8-12H2,1H3,(H,19,21). The smallest absolute Gasteiger partial charge is 0.225 e. The fraction of sp³-hybridized carbons (Fsp3) is 0.588. The van der Waals surface area contributed by atoms with Gasteiger partial charge in [0.2, 0.25) is 5.91 Å². The maximum Gasteiger partial charge on any atom is 0.225 e. The molecule has 2 fully saturated rings. The number of benzene rings is 1. The summed E-state index contributed by atoms with van der Waals surface area (Å²) in [5.74, 6) is 1.19. The molecule has 0 spiro atoms. The van der Waals surface area contributed by atoms with E-state index in [1.54, 1.807) is 7.11 Å². The molecule has 1 aromatic rings. The molecule has 5 heteroatoms. The summed E-state index contributed by atoms with van der Waals surface area (Å²) < 4.78 is 5.24. The van der Waals surface area contributed by atoms with Gasteiger partial charge in [0.1, 0.15) is 5.75 Å². The lowest BCUT2D eigenvalue weighted by Gasteiger charge is -2.31. The molecule has 120 valence electrons. The van der Waals surface area contributed by atoms with Crippen LogP contribution in [0.25, 0.3) is 0 Å². The summed E-state index contributed by atoms with van der Waals surface area (Å²) in [4.78, 5) is 14.6. The lowest BCUT2D eigenvalue weighted by molar-refractivity contribution is -0.126. The summed E-state index contributed by atoms with van der Waals surface area (Å²) in [7, 11) is 1.68. The minimum Gasteiger partial charge on any atom is -0.497 e. The molecular formula is C17H25N3O2. The van der Waals surface area contributed by atoms with E-state index in [4.69, 9.17) is 4.74 Å². The van der Waals surface area contributed by atoms with Gasteiger partial charge in [0.25, 0.3) is 0 Å². The highest BCUT2D eigenvalue weighted by Crippen LogP contribution is 2.26. The SMILES string of the molecule is COc1ccc(C(CNC(=O)C2CNC2)N2CCCC2)cc1. The van der Waals surface area contributed by atoms with Gasteiger partial charge in [0.05, 0.1) is 19.1 Å². The number of nitrogens with one attached hydrogen (secondary N) is 2. The van der Waals surface area contributed by atoms with Crippen LogP contribution in [0.15, 0.2) is 24.3 Å². The maximum atomic E-state index is 12.1. The summed E-state index contributed by atoms with van der Waals surface area (Å²) in [5, 5.41) is 6.28. The van der Waals surface area contributed by atoms with E-state index < -0.39 is 0 Å². The van der Waals surface area contributed by atoms with Gasteiger partial charge in [0.15, 0.2) is 0 Å². The Labute approximate surface area is 132 Å². The third kappa shape index (κ3) is 3.42. The zero-order valence-corrected chi connectivity index (χ0v) is 13.2. The molecule has 0 saturated carbocycles. The average molecular weight is 303 g/mol. The van der Waals surface area contributed by atoms with Crippen LogP contribution >= 0.6 is 0 Å². The topological polar surface area (TPSA) is 53.6 Å². The molecule has 2 saturated heterocycles. The molecule has 1 aromatic carbocycles. The number of hydrogen-bond donors (Lipinski definition) is 2. The first-order valence-corrected chi connectivity index (χ1v) is 8.14. The van der Waals surface area contributed by atoms with Crippen LogP contribution in [-0.4, -0.2) is 50.6 Å². The monoisotopic (exact) mass is 303 g/mol. The zero-order valence-electron chi connectivity index (χ0n) is 13.2. The highest BCUT2D eigenvalue weighted by molar-refractivity contribution is 5.80. The van der Waals surface area contributed by atoms with Crippen molar-refractivity contribution in [2.45, 2.75) is 18.9 Å². The molecule has 22 heavy (non-hydrogen) atoms. The lowest BCUT2D eigenvalue weighted by Crippen LogP contribution is -2.51. The van der Waals surface area contributed by atoms with Crippen molar-refractivity contribution in [1.82, 2.24) is 15.5 Å². The summed E-state index contributed by atoms with van der Waals surface area (Å²) in [6.45, 7) is 4.52. The van der Waals surface area contributed by atoms with Crippen LogP contribution in [0.3, 0.4) is 0 Å². The molecular weight excluding hydrogens is 278 g/mol. The Kier molecular flexibility index (Phi) is 4.95. The normalized spacial score (nSPS) is 20.4. The third-order valence-electron chi connectivity index (χ3n) is 4.70. The minimum absolute atomic E-state index is 0.148. The highest BCUT2D eigenvalue weighted by Gasteiger charge is 2.28. The second-order valence-corrected chi connectivity index (χ2v) is 6.13. The number of likely N-dealkylation sites (tertiary alicyclic amines) is 1. The van der Waals surface area contributed by atoms with E-state index in [1.807, 2.05) is 12.1 Å². The Bertz CT molecular complexity index is 493. The van der Waals surface area contributed by atoms with Gasteiger partial charge in [-0.05, 0) is 43.6 Å². The van der Waals surface area contributed by atoms with Crippen molar-refractivity contribution in [3.8, 4) is 5.75 Å². The van der Waals surface area contributed by atoms with Crippen molar-refractivity contribution in [3.05, 3.63) is 29.8 Å². The van der Waals surface area contributed by atoms with E-state index in [-0.39, 0.29) is 17.9 Å². The Morgan fingerprint density at radius 1 is 1.32 bits per heavy atom. The van der Waals surface area contributed by atoms with Crippen LogP contribution < -0.4 is 15.4 Å². The summed E-state index contributed by atoms with van der Waals surface area (Å²) in [5.41, 5.74) is 1.25. The highest BCUT2D eigenvalue weighted by atomic mass is 16.5. The zero-order chi connectivity index (χ0) is 15.4. The second kappa shape index (κ2) is 7.11. The van der Waals surface area contributed by atoms with E-state index in [0.717, 1.165) is 31.9 Å². The maximum absolute atomic E-state index is 12.1. The number of ether oxygens (including phenoxy) is 1. The molecule has 2 N–H and O–H groups in total. The molecule has 2 aliphatic rings. The van der Waals surface area contributed by atoms with Crippen molar-refractivity contribution >= 4 is 5.91 Å². The van der Waals surface area contributed by atoms with Crippen molar-refractivity contribution < 1.29 is 9.53 Å². The largest absolute Gasteiger partial charge is 0.497 e. The van der Waals surface area contributed by atoms with Crippen LogP contribution in [-0.2, 0) is 4.79 Å². The molecule has 5 nitrogen and oxygen atoms in total. The molecule has 0 aliphatic carbocycles. The van der Waals surface area contributed by atoms with Gasteiger partial charge >= 0.3 is 0 Å². The first kappa shape index (κ1) is 15.3. The van der Waals surface area contributed by atoms with Gasteiger partial charge < -0.3 is 15.4 Å². The molecule has 1 unspecified atom stereocenters. The van der Waals surface area contributed by atoms with Crippen LogP contribution in [0.5, 0.6) is 5.75 Å². The van der Waals surface area contributed by atoms with Crippen molar-refractivity contribution in [2.75, 3.05) is 39.8 Å². The number of amides is 1. The number of nitrogens with zero attached hydrogens (tertiary/aromatic N) is 1. The number of rotatable bonds is 6. The van der Waals surface area contributed by atoms with Crippen molar-refractivity contribution in [1.29, 1.82) is 0 Å². The number of carbonyl (C=O) groups excluding carboxylic acids is 1.